The fraction of sp³-hybridized carbons (Fsp3) is 0.667. The molecule has 0 saturated carbocycles. The number of ether oxygens (including phenoxy) is 1. The number of rotatable bonds is 3. The minimum Gasteiger partial charge on any atom is -0.373 e. The van der Waals surface area contributed by atoms with Crippen LogP contribution in [0.2, 0.25) is 0 Å². The molecule has 1 aromatic heterocycles. The summed E-state index contributed by atoms with van der Waals surface area (Å²) in [5.41, 5.74) is 2.27. The first-order valence-electron chi connectivity index (χ1n) is 6.88. The minimum atomic E-state index is 0.0246. The molecular weight excluding hydrogens is 238 g/mol. The van der Waals surface area contributed by atoms with Crippen LogP contribution in [-0.2, 0) is 4.74 Å². The highest BCUT2D eigenvalue weighted by molar-refractivity contribution is 5.45. The minimum absolute atomic E-state index is 0.0246. The van der Waals surface area contributed by atoms with Gasteiger partial charge >= 0.3 is 0 Å². The smallest absolute Gasteiger partial charge is 0.0928 e. The largest absolute Gasteiger partial charge is 0.373 e. The molecule has 4 heteroatoms. The van der Waals surface area contributed by atoms with Crippen molar-refractivity contribution in [2.24, 2.45) is 0 Å². The molecule has 0 N–H and O–H groups in total. The lowest BCUT2D eigenvalue weighted by Gasteiger charge is -2.45. The van der Waals surface area contributed by atoms with Crippen LogP contribution in [0.25, 0.3) is 0 Å². The number of morpholine rings is 1. The van der Waals surface area contributed by atoms with Crippen molar-refractivity contribution < 1.29 is 4.74 Å². The highest BCUT2D eigenvalue weighted by Crippen LogP contribution is 2.25. The van der Waals surface area contributed by atoms with E-state index >= 15 is 0 Å². The van der Waals surface area contributed by atoms with Gasteiger partial charge in [-0.2, -0.15) is 0 Å². The Hall–Kier alpha value is -1.13. The van der Waals surface area contributed by atoms with Crippen molar-refractivity contribution in [2.45, 2.75) is 32.4 Å². The third-order valence-electron chi connectivity index (χ3n) is 4.27. The van der Waals surface area contributed by atoms with E-state index in [0.717, 1.165) is 25.4 Å². The Kier molecular flexibility index (Phi) is 4.11. The molecule has 0 amide bonds. The Labute approximate surface area is 116 Å². The van der Waals surface area contributed by atoms with Crippen LogP contribution < -0.4 is 4.90 Å². The second-order valence-corrected chi connectivity index (χ2v) is 6.01. The van der Waals surface area contributed by atoms with Gasteiger partial charge in [0.05, 0.1) is 24.6 Å². The van der Waals surface area contributed by atoms with Crippen molar-refractivity contribution in [1.82, 2.24) is 9.88 Å². The summed E-state index contributed by atoms with van der Waals surface area (Å²) in [7, 11) is 4.21. The molecule has 1 atom stereocenters. The molecule has 1 aromatic rings. The van der Waals surface area contributed by atoms with Gasteiger partial charge in [0, 0.05) is 24.3 Å². The number of likely N-dealkylation sites (N-methyl/N-ethyl adjacent to an activating group) is 1. The second-order valence-electron chi connectivity index (χ2n) is 6.01. The molecule has 2 heterocycles. The molecule has 1 aliphatic heterocycles. The van der Waals surface area contributed by atoms with Crippen molar-refractivity contribution in [3.8, 4) is 0 Å². The lowest BCUT2D eigenvalue weighted by molar-refractivity contribution is -0.0484. The van der Waals surface area contributed by atoms with Crippen LogP contribution in [0.15, 0.2) is 18.3 Å². The van der Waals surface area contributed by atoms with Crippen LogP contribution in [0.3, 0.4) is 0 Å². The summed E-state index contributed by atoms with van der Waals surface area (Å²) in [6.07, 6.45) is 2.16. The molecule has 0 bridgehead atoms. The quantitative estimate of drug-likeness (QED) is 0.833. The first-order chi connectivity index (χ1) is 8.91. The van der Waals surface area contributed by atoms with Crippen LogP contribution in [-0.4, -0.2) is 55.3 Å². The molecule has 19 heavy (non-hydrogen) atoms. The maximum Gasteiger partial charge on any atom is 0.0928 e. The predicted octanol–water partition coefficient (Wildman–Crippen LogP) is 1.94. The Bertz CT molecular complexity index is 414. The Morgan fingerprint density at radius 3 is 2.68 bits per heavy atom. The van der Waals surface area contributed by atoms with E-state index in [1.54, 1.807) is 0 Å². The zero-order valence-corrected chi connectivity index (χ0v) is 12.7. The van der Waals surface area contributed by atoms with Gasteiger partial charge in [0.2, 0.25) is 0 Å². The zero-order chi connectivity index (χ0) is 14.0. The summed E-state index contributed by atoms with van der Waals surface area (Å²) in [4.78, 5) is 8.98. The summed E-state index contributed by atoms with van der Waals surface area (Å²) in [5.74, 6) is 0. The number of aryl methyl sites for hydroxylation is 1. The third kappa shape index (κ3) is 3.07. The standard InChI is InChI=1S/C15H25N3O/c1-12-6-7-13(10-16-12)18-8-9-19-14(11-18)15(2,3)17(4)5/h6-7,10,14H,8-9,11H2,1-5H3/t14-/m1/s1. The van der Waals surface area contributed by atoms with Crippen LogP contribution >= 0.6 is 0 Å². The third-order valence-corrected chi connectivity index (χ3v) is 4.27. The molecule has 2 rings (SSSR count). The van der Waals surface area contributed by atoms with Crippen molar-refractivity contribution in [3.05, 3.63) is 24.0 Å². The van der Waals surface area contributed by atoms with Crippen LogP contribution in [0.5, 0.6) is 0 Å². The van der Waals surface area contributed by atoms with Gasteiger partial charge < -0.3 is 14.5 Å². The van der Waals surface area contributed by atoms with Crippen molar-refractivity contribution >= 4 is 5.69 Å². The number of nitrogens with zero attached hydrogens (tertiary/aromatic N) is 3. The van der Waals surface area contributed by atoms with E-state index < -0.39 is 0 Å². The summed E-state index contributed by atoms with van der Waals surface area (Å²) in [5, 5.41) is 0. The van der Waals surface area contributed by atoms with E-state index in [9.17, 15) is 0 Å². The first kappa shape index (κ1) is 14.3. The van der Waals surface area contributed by atoms with Gasteiger partial charge in [-0.05, 0) is 47.0 Å². The van der Waals surface area contributed by atoms with Gasteiger partial charge in [-0.25, -0.2) is 0 Å². The predicted molar refractivity (Wildman–Crippen MR) is 78.7 cm³/mol. The molecule has 0 radical (unpaired) electrons. The fourth-order valence-electron chi connectivity index (χ4n) is 2.25. The molecular formula is C15H25N3O. The topological polar surface area (TPSA) is 28.6 Å². The number of aromatic nitrogens is 1. The summed E-state index contributed by atoms with van der Waals surface area (Å²) in [6, 6.07) is 4.21. The van der Waals surface area contributed by atoms with Crippen LogP contribution in [0.1, 0.15) is 19.5 Å². The van der Waals surface area contributed by atoms with E-state index in [4.69, 9.17) is 4.74 Å². The average molecular weight is 263 g/mol. The summed E-state index contributed by atoms with van der Waals surface area (Å²) >= 11 is 0. The highest BCUT2D eigenvalue weighted by atomic mass is 16.5. The van der Waals surface area contributed by atoms with Gasteiger partial charge in [-0.15, -0.1) is 0 Å². The van der Waals surface area contributed by atoms with E-state index in [0.29, 0.717) is 0 Å². The van der Waals surface area contributed by atoms with Crippen molar-refractivity contribution in [1.29, 1.82) is 0 Å². The number of hydrogen-bond donors (Lipinski definition) is 0. The number of hydrogen-bond acceptors (Lipinski definition) is 4. The lowest BCUT2D eigenvalue weighted by atomic mass is 9.94. The molecule has 0 aliphatic carbocycles. The molecule has 0 unspecified atom stereocenters. The molecule has 4 nitrogen and oxygen atoms in total. The zero-order valence-electron chi connectivity index (χ0n) is 12.7. The number of pyridine rings is 1. The highest BCUT2D eigenvalue weighted by Gasteiger charge is 2.36. The number of anilines is 1. The maximum atomic E-state index is 5.98. The second kappa shape index (κ2) is 5.47. The molecule has 1 saturated heterocycles. The SMILES string of the molecule is Cc1ccc(N2CCO[C@@H](C(C)(C)N(C)C)C2)cn1. The maximum absolute atomic E-state index is 5.98. The average Bonchev–Trinajstić information content (AvgIpc) is 2.39. The van der Waals surface area contributed by atoms with Gasteiger partial charge in [-0.1, -0.05) is 0 Å². The fourth-order valence-corrected chi connectivity index (χ4v) is 2.25. The normalized spacial score (nSPS) is 20.9. The molecule has 0 spiro atoms. The lowest BCUT2D eigenvalue weighted by Crippen LogP contribution is -2.57. The first-order valence-corrected chi connectivity index (χ1v) is 6.88. The molecule has 1 aliphatic rings. The van der Waals surface area contributed by atoms with E-state index in [1.165, 1.54) is 5.69 Å². The van der Waals surface area contributed by atoms with Crippen molar-refractivity contribution in [2.75, 3.05) is 38.7 Å². The Balaban J connectivity index is 2.11. The van der Waals surface area contributed by atoms with Gasteiger partial charge in [0.25, 0.3) is 0 Å². The van der Waals surface area contributed by atoms with E-state index in [-0.39, 0.29) is 11.6 Å². The van der Waals surface area contributed by atoms with E-state index in [1.807, 2.05) is 13.1 Å². The molecule has 1 fully saturated rings. The van der Waals surface area contributed by atoms with Crippen LogP contribution in [0.4, 0.5) is 5.69 Å². The van der Waals surface area contributed by atoms with Crippen molar-refractivity contribution in [3.63, 3.8) is 0 Å². The Morgan fingerprint density at radius 1 is 1.37 bits per heavy atom. The van der Waals surface area contributed by atoms with Gasteiger partial charge in [0.1, 0.15) is 0 Å². The Morgan fingerprint density at radius 2 is 2.11 bits per heavy atom. The van der Waals surface area contributed by atoms with Crippen LogP contribution in [0, 0.1) is 6.92 Å². The molecule has 0 aromatic carbocycles. The van der Waals surface area contributed by atoms with E-state index in [2.05, 4.69) is 54.9 Å². The van der Waals surface area contributed by atoms with Gasteiger partial charge in [0.15, 0.2) is 0 Å². The van der Waals surface area contributed by atoms with Gasteiger partial charge in [-0.3, -0.25) is 4.98 Å². The summed E-state index contributed by atoms with van der Waals surface area (Å²) in [6.45, 7) is 9.10. The molecule has 106 valence electrons. The monoisotopic (exact) mass is 263 g/mol. The summed E-state index contributed by atoms with van der Waals surface area (Å²) < 4.78 is 5.98.